The molecule has 1 N–H and O–H groups in total. The first kappa shape index (κ1) is 17.2. The van der Waals surface area contributed by atoms with Gasteiger partial charge >= 0.3 is 7.60 Å². The van der Waals surface area contributed by atoms with Crippen LogP contribution in [0.5, 0.6) is 0 Å². The molecular formula is C12H14Cl2NO4P. The van der Waals surface area contributed by atoms with Crippen molar-refractivity contribution in [2.75, 3.05) is 14.2 Å². The van der Waals surface area contributed by atoms with Crippen molar-refractivity contribution in [3.63, 3.8) is 0 Å². The second kappa shape index (κ2) is 7.25. The molecule has 0 unspecified atom stereocenters. The first-order valence-corrected chi connectivity index (χ1v) is 7.79. The van der Waals surface area contributed by atoms with Gasteiger partial charge < -0.3 is 14.4 Å². The number of halogens is 2. The van der Waals surface area contributed by atoms with Gasteiger partial charge in [-0.05, 0) is 19.1 Å². The molecule has 0 aliphatic rings. The summed E-state index contributed by atoms with van der Waals surface area (Å²) in [6.07, 6.45) is 0. The maximum Gasteiger partial charge on any atom is 0.379 e. The number of rotatable bonds is 5. The van der Waals surface area contributed by atoms with E-state index in [9.17, 15) is 9.36 Å². The Kier molecular flexibility index (Phi) is 6.24. The zero-order chi connectivity index (χ0) is 15.3. The van der Waals surface area contributed by atoms with Crippen LogP contribution in [0, 0.1) is 6.92 Å². The Morgan fingerprint density at radius 3 is 2.05 bits per heavy atom. The molecule has 0 spiro atoms. The summed E-state index contributed by atoms with van der Waals surface area (Å²) in [5.74, 6) is -0.520. The first-order chi connectivity index (χ1) is 9.34. The van der Waals surface area contributed by atoms with E-state index in [2.05, 4.69) is 5.32 Å². The Bertz CT molecular complexity index is 559. The SMILES string of the molecule is COP(=O)(OC)C(NC(=O)c1ccc(C)cc1)=C(Cl)Cl. The molecule has 20 heavy (non-hydrogen) atoms. The van der Waals surface area contributed by atoms with Crippen molar-refractivity contribution in [3.05, 3.63) is 45.3 Å². The van der Waals surface area contributed by atoms with Crippen molar-refractivity contribution >= 4 is 36.7 Å². The van der Waals surface area contributed by atoms with Crippen LogP contribution < -0.4 is 5.32 Å². The van der Waals surface area contributed by atoms with E-state index in [-0.39, 0.29) is 5.44 Å². The molecule has 110 valence electrons. The predicted octanol–water partition coefficient (Wildman–Crippen LogP) is 3.81. The highest BCUT2D eigenvalue weighted by Gasteiger charge is 2.32. The lowest BCUT2D eigenvalue weighted by Crippen LogP contribution is -2.24. The summed E-state index contributed by atoms with van der Waals surface area (Å²) in [6.45, 7) is 1.90. The van der Waals surface area contributed by atoms with Crippen molar-refractivity contribution in [1.82, 2.24) is 5.32 Å². The molecule has 0 aromatic heterocycles. The third-order valence-electron chi connectivity index (χ3n) is 2.48. The minimum atomic E-state index is -3.75. The topological polar surface area (TPSA) is 64.6 Å². The number of benzene rings is 1. The minimum absolute atomic E-state index is 0.295. The normalized spacial score (nSPS) is 11.1. The summed E-state index contributed by atoms with van der Waals surface area (Å²) in [5, 5.41) is 2.36. The van der Waals surface area contributed by atoms with Crippen LogP contribution in [0.2, 0.25) is 0 Å². The minimum Gasteiger partial charge on any atom is -0.313 e. The molecule has 0 bridgehead atoms. The van der Waals surface area contributed by atoms with Crippen molar-refractivity contribution in [1.29, 1.82) is 0 Å². The molecule has 0 saturated carbocycles. The van der Waals surface area contributed by atoms with Crippen LogP contribution in [-0.2, 0) is 13.6 Å². The van der Waals surface area contributed by atoms with E-state index in [1.54, 1.807) is 24.3 Å². The summed E-state index contributed by atoms with van der Waals surface area (Å²) in [6, 6.07) is 6.78. The van der Waals surface area contributed by atoms with Crippen LogP contribution in [-0.4, -0.2) is 20.1 Å². The highest BCUT2D eigenvalue weighted by atomic mass is 35.5. The van der Waals surface area contributed by atoms with E-state index in [4.69, 9.17) is 32.2 Å². The lowest BCUT2D eigenvalue weighted by molar-refractivity contribution is 0.0965. The molecular weight excluding hydrogens is 324 g/mol. The average molecular weight is 338 g/mol. The third-order valence-corrected chi connectivity index (χ3v) is 4.97. The molecule has 0 radical (unpaired) electrons. The van der Waals surface area contributed by atoms with Crippen molar-refractivity contribution in [3.8, 4) is 0 Å². The first-order valence-electron chi connectivity index (χ1n) is 5.49. The smallest absolute Gasteiger partial charge is 0.313 e. The van der Waals surface area contributed by atoms with Crippen LogP contribution in [0.1, 0.15) is 15.9 Å². The molecule has 0 heterocycles. The van der Waals surface area contributed by atoms with Crippen LogP contribution in [0.4, 0.5) is 0 Å². The summed E-state index contributed by atoms with van der Waals surface area (Å²) in [7, 11) is -1.42. The lowest BCUT2D eigenvalue weighted by atomic mass is 10.1. The Morgan fingerprint density at radius 2 is 1.65 bits per heavy atom. The fourth-order valence-corrected chi connectivity index (χ4v) is 3.04. The maximum atomic E-state index is 12.2. The molecule has 0 aliphatic carbocycles. The second-order valence-electron chi connectivity index (χ2n) is 3.79. The molecule has 1 aromatic rings. The molecule has 8 heteroatoms. The zero-order valence-electron chi connectivity index (χ0n) is 11.1. The Hall–Kier alpha value is -0.840. The molecule has 5 nitrogen and oxygen atoms in total. The Morgan fingerprint density at radius 1 is 1.15 bits per heavy atom. The lowest BCUT2D eigenvalue weighted by Gasteiger charge is -2.18. The van der Waals surface area contributed by atoms with E-state index in [1.165, 1.54) is 14.2 Å². The van der Waals surface area contributed by atoms with E-state index in [0.29, 0.717) is 5.56 Å². The quantitative estimate of drug-likeness (QED) is 0.829. The number of nitrogens with one attached hydrogen (secondary N) is 1. The van der Waals surface area contributed by atoms with Crippen molar-refractivity contribution in [2.45, 2.75) is 6.92 Å². The average Bonchev–Trinajstić information content (AvgIpc) is 2.44. The standard InChI is InChI=1S/C12H14Cl2NO4P/c1-8-4-6-9(7-5-8)11(16)15-12(10(13)14)20(17,18-2)19-3/h4-7H,1-3H3,(H,15,16). The van der Waals surface area contributed by atoms with E-state index in [1.807, 2.05) is 6.92 Å². The summed E-state index contributed by atoms with van der Waals surface area (Å²) >= 11 is 11.3. The highest BCUT2D eigenvalue weighted by molar-refractivity contribution is 7.58. The van der Waals surface area contributed by atoms with Gasteiger partial charge in [-0.15, -0.1) is 0 Å². The van der Waals surface area contributed by atoms with Gasteiger partial charge in [-0.1, -0.05) is 40.9 Å². The molecule has 1 aromatic carbocycles. The van der Waals surface area contributed by atoms with Crippen molar-refractivity contribution in [2.24, 2.45) is 0 Å². The number of amides is 1. The van der Waals surface area contributed by atoms with E-state index in [0.717, 1.165) is 5.56 Å². The van der Waals surface area contributed by atoms with Crippen LogP contribution in [0.3, 0.4) is 0 Å². The van der Waals surface area contributed by atoms with Crippen LogP contribution >= 0.6 is 30.8 Å². The number of hydrogen-bond acceptors (Lipinski definition) is 4. The van der Waals surface area contributed by atoms with Crippen LogP contribution in [0.25, 0.3) is 0 Å². The summed E-state index contributed by atoms with van der Waals surface area (Å²) in [4.78, 5) is 12.1. The van der Waals surface area contributed by atoms with Gasteiger partial charge in [0.15, 0.2) is 5.44 Å². The predicted molar refractivity (Wildman–Crippen MR) is 79.0 cm³/mol. The van der Waals surface area contributed by atoms with Gasteiger partial charge in [0.05, 0.1) is 0 Å². The summed E-state index contributed by atoms with van der Waals surface area (Å²) in [5.41, 5.74) is 1.07. The molecule has 0 saturated heterocycles. The molecule has 0 aliphatic heterocycles. The fraction of sp³-hybridized carbons (Fsp3) is 0.250. The molecule has 1 amide bonds. The number of hydrogen-bond donors (Lipinski definition) is 1. The van der Waals surface area contributed by atoms with Gasteiger partial charge in [0, 0.05) is 19.8 Å². The Balaban J connectivity index is 3.05. The van der Waals surface area contributed by atoms with Gasteiger partial charge in [0.25, 0.3) is 5.91 Å². The number of carbonyl (C=O) groups excluding carboxylic acids is 1. The zero-order valence-corrected chi connectivity index (χ0v) is 13.6. The van der Waals surface area contributed by atoms with Gasteiger partial charge in [0.1, 0.15) is 4.49 Å². The van der Waals surface area contributed by atoms with E-state index < -0.39 is 18.0 Å². The Labute approximate surface area is 127 Å². The van der Waals surface area contributed by atoms with Gasteiger partial charge in [-0.3, -0.25) is 9.36 Å². The second-order valence-corrected chi connectivity index (χ2v) is 6.91. The molecule has 0 atom stereocenters. The summed E-state index contributed by atoms with van der Waals surface area (Å²) < 4.78 is 21.4. The third kappa shape index (κ3) is 4.08. The highest BCUT2D eigenvalue weighted by Crippen LogP contribution is 2.55. The van der Waals surface area contributed by atoms with Gasteiger partial charge in [-0.2, -0.15) is 0 Å². The number of carbonyl (C=O) groups is 1. The number of aryl methyl sites for hydroxylation is 1. The van der Waals surface area contributed by atoms with Crippen LogP contribution in [0.15, 0.2) is 34.2 Å². The van der Waals surface area contributed by atoms with Gasteiger partial charge in [0.2, 0.25) is 0 Å². The monoisotopic (exact) mass is 337 g/mol. The molecule has 1 rings (SSSR count). The van der Waals surface area contributed by atoms with Crippen molar-refractivity contribution < 1.29 is 18.4 Å². The van der Waals surface area contributed by atoms with E-state index >= 15 is 0 Å². The molecule has 0 fully saturated rings. The fourth-order valence-electron chi connectivity index (χ4n) is 1.36. The maximum absolute atomic E-state index is 12.2. The van der Waals surface area contributed by atoms with Gasteiger partial charge in [-0.25, -0.2) is 0 Å². The largest absolute Gasteiger partial charge is 0.379 e.